The summed E-state index contributed by atoms with van der Waals surface area (Å²) in [5.41, 5.74) is 1.64. The van der Waals surface area contributed by atoms with Crippen LogP contribution in [0, 0.1) is 0 Å². The molecule has 0 aliphatic heterocycles. The van der Waals surface area contributed by atoms with E-state index in [0.717, 1.165) is 41.4 Å². The quantitative estimate of drug-likeness (QED) is 0.429. The molecule has 0 aliphatic rings. The Bertz CT molecular complexity index is 991. The molecule has 1 aromatic heterocycles. The van der Waals surface area contributed by atoms with Crippen molar-refractivity contribution in [2.24, 2.45) is 0 Å². The van der Waals surface area contributed by atoms with Gasteiger partial charge in [0, 0.05) is 13.1 Å². The second-order valence-electron chi connectivity index (χ2n) is 7.24. The predicted molar refractivity (Wildman–Crippen MR) is 130 cm³/mol. The summed E-state index contributed by atoms with van der Waals surface area (Å²) in [7, 11) is 4.88. The third-order valence-electron chi connectivity index (χ3n) is 5.48. The van der Waals surface area contributed by atoms with E-state index in [9.17, 15) is 4.79 Å². The highest BCUT2D eigenvalue weighted by atomic mass is 32.1. The highest BCUT2D eigenvalue weighted by molar-refractivity contribution is 7.22. The maximum atomic E-state index is 13.4. The monoisotopic (exact) mass is 457 g/mol. The van der Waals surface area contributed by atoms with E-state index in [4.69, 9.17) is 19.2 Å². The third kappa shape index (κ3) is 5.31. The Morgan fingerprint density at radius 1 is 0.906 bits per heavy atom. The van der Waals surface area contributed by atoms with Crippen LogP contribution in [0.15, 0.2) is 36.4 Å². The number of ether oxygens (including phenoxy) is 3. The van der Waals surface area contributed by atoms with Crippen molar-refractivity contribution >= 4 is 32.6 Å². The van der Waals surface area contributed by atoms with E-state index in [1.165, 1.54) is 11.3 Å². The van der Waals surface area contributed by atoms with Crippen molar-refractivity contribution in [3.63, 3.8) is 0 Å². The van der Waals surface area contributed by atoms with Gasteiger partial charge >= 0.3 is 0 Å². The van der Waals surface area contributed by atoms with Crippen LogP contribution in [0.25, 0.3) is 10.2 Å². The Kier molecular flexibility index (Phi) is 8.30. The van der Waals surface area contributed by atoms with E-state index in [-0.39, 0.29) is 12.3 Å². The molecule has 1 amide bonds. The van der Waals surface area contributed by atoms with Crippen LogP contribution in [0.2, 0.25) is 0 Å². The van der Waals surface area contributed by atoms with Crippen LogP contribution in [0.4, 0.5) is 5.13 Å². The first-order valence-electron chi connectivity index (χ1n) is 10.7. The second kappa shape index (κ2) is 11.2. The molecule has 0 fully saturated rings. The summed E-state index contributed by atoms with van der Waals surface area (Å²) in [5.74, 6) is 2.15. The van der Waals surface area contributed by atoms with Crippen LogP contribution < -0.4 is 19.1 Å². The van der Waals surface area contributed by atoms with Gasteiger partial charge in [-0.3, -0.25) is 9.69 Å². The fourth-order valence-electron chi connectivity index (χ4n) is 3.51. The largest absolute Gasteiger partial charge is 0.497 e. The van der Waals surface area contributed by atoms with Crippen molar-refractivity contribution in [2.75, 3.05) is 52.4 Å². The van der Waals surface area contributed by atoms with Gasteiger partial charge in [0.2, 0.25) is 5.91 Å². The molecule has 2 aromatic carbocycles. The van der Waals surface area contributed by atoms with Crippen molar-refractivity contribution in [2.45, 2.75) is 20.3 Å². The molecule has 7 nitrogen and oxygen atoms in total. The summed E-state index contributed by atoms with van der Waals surface area (Å²) < 4.78 is 17.1. The Hall–Kier alpha value is -2.84. The Morgan fingerprint density at radius 3 is 2.16 bits per heavy atom. The molecule has 172 valence electrons. The molecule has 0 aliphatic carbocycles. The molecule has 3 rings (SSSR count). The number of carbonyl (C=O) groups excluding carboxylic acids is 1. The van der Waals surface area contributed by atoms with Gasteiger partial charge < -0.3 is 19.1 Å². The number of nitrogens with zero attached hydrogens (tertiary/aromatic N) is 3. The first kappa shape index (κ1) is 23.8. The zero-order chi connectivity index (χ0) is 23.1. The minimum atomic E-state index is -0.000636. The number of fused-ring (bicyclic) bond motifs is 1. The lowest BCUT2D eigenvalue weighted by Gasteiger charge is -2.24. The molecule has 1 heterocycles. The molecule has 0 atom stereocenters. The number of hydrogen-bond acceptors (Lipinski definition) is 7. The van der Waals surface area contributed by atoms with Crippen molar-refractivity contribution in [3.05, 3.63) is 42.0 Å². The normalized spacial score (nSPS) is 11.1. The average molecular weight is 458 g/mol. The number of aromatic nitrogens is 1. The van der Waals surface area contributed by atoms with Gasteiger partial charge in [0.15, 0.2) is 5.13 Å². The standard InChI is InChI=1S/C24H31N3O4S/c1-6-26(7-2)14-15-27(21(28)16-17-8-10-18(29-3)11-9-17)24-25-22-19(30-4)12-13-20(31-5)23(22)32-24/h8-13H,6-7,14-16H2,1-5H3. The molecule has 32 heavy (non-hydrogen) atoms. The Balaban J connectivity index is 1.95. The van der Waals surface area contributed by atoms with Crippen molar-refractivity contribution in [1.29, 1.82) is 0 Å². The van der Waals surface area contributed by atoms with Gasteiger partial charge in [-0.15, -0.1) is 0 Å². The number of benzene rings is 2. The second-order valence-corrected chi connectivity index (χ2v) is 8.22. The minimum absolute atomic E-state index is 0.000636. The summed E-state index contributed by atoms with van der Waals surface area (Å²) in [4.78, 5) is 22.3. The lowest BCUT2D eigenvalue weighted by atomic mass is 10.1. The molecule has 0 bridgehead atoms. The summed E-state index contributed by atoms with van der Waals surface area (Å²) in [6.07, 6.45) is 0.284. The number of thiazole rings is 1. The smallest absolute Gasteiger partial charge is 0.233 e. The molecule has 0 unspecified atom stereocenters. The molecule has 0 saturated carbocycles. The zero-order valence-corrected chi connectivity index (χ0v) is 20.2. The van der Waals surface area contributed by atoms with Crippen LogP contribution >= 0.6 is 11.3 Å². The van der Waals surface area contributed by atoms with Gasteiger partial charge in [0.1, 0.15) is 27.5 Å². The van der Waals surface area contributed by atoms with E-state index in [1.807, 2.05) is 36.4 Å². The zero-order valence-electron chi connectivity index (χ0n) is 19.4. The van der Waals surface area contributed by atoms with Gasteiger partial charge in [-0.2, -0.15) is 0 Å². The van der Waals surface area contributed by atoms with E-state index in [1.54, 1.807) is 26.2 Å². The minimum Gasteiger partial charge on any atom is -0.497 e. The van der Waals surface area contributed by atoms with Crippen molar-refractivity contribution in [1.82, 2.24) is 9.88 Å². The Labute approximate surface area is 193 Å². The highest BCUT2D eigenvalue weighted by Crippen LogP contribution is 2.40. The Morgan fingerprint density at radius 2 is 1.56 bits per heavy atom. The van der Waals surface area contributed by atoms with E-state index in [2.05, 4.69) is 18.7 Å². The van der Waals surface area contributed by atoms with Gasteiger partial charge in [0.05, 0.1) is 27.8 Å². The predicted octanol–water partition coefficient (Wildman–Crippen LogP) is 4.24. The van der Waals surface area contributed by atoms with E-state index in [0.29, 0.717) is 22.9 Å². The van der Waals surface area contributed by atoms with Crippen LogP contribution in [0.5, 0.6) is 17.2 Å². The number of anilines is 1. The fraction of sp³-hybridized carbons (Fsp3) is 0.417. The lowest BCUT2D eigenvalue weighted by molar-refractivity contribution is -0.118. The topological polar surface area (TPSA) is 64.1 Å². The third-order valence-corrected chi connectivity index (χ3v) is 6.57. The number of amides is 1. The summed E-state index contributed by atoms with van der Waals surface area (Å²) in [6.45, 7) is 7.44. The molecule has 0 saturated heterocycles. The van der Waals surface area contributed by atoms with Crippen molar-refractivity contribution < 1.29 is 19.0 Å². The number of hydrogen-bond donors (Lipinski definition) is 0. The number of likely N-dealkylation sites (N-methyl/N-ethyl adjacent to an activating group) is 1. The molecular formula is C24H31N3O4S. The van der Waals surface area contributed by atoms with Gasteiger partial charge in [-0.05, 0) is 42.9 Å². The molecule has 0 radical (unpaired) electrons. The average Bonchev–Trinajstić information content (AvgIpc) is 3.26. The lowest BCUT2D eigenvalue weighted by Crippen LogP contribution is -2.39. The maximum Gasteiger partial charge on any atom is 0.233 e. The fourth-order valence-corrected chi connectivity index (χ4v) is 4.63. The van der Waals surface area contributed by atoms with E-state index >= 15 is 0 Å². The van der Waals surface area contributed by atoms with Crippen molar-refractivity contribution in [3.8, 4) is 17.2 Å². The first-order valence-corrected chi connectivity index (χ1v) is 11.5. The summed E-state index contributed by atoms with van der Waals surface area (Å²) in [6, 6.07) is 11.3. The SMILES string of the molecule is CCN(CC)CCN(C(=O)Cc1ccc(OC)cc1)c1nc2c(OC)ccc(OC)c2s1. The van der Waals surface area contributed by atoms with E-state index < -0.39 is 0 Å². The molecule has 0 N–H and O–H groups in total. The van der Waals surface area contributed by atoms with Crippen LogP contribution in [0.3, 0.4) is 0 Å². The first-order chi connectivity index (χ1) is 15.5. The van der Waals surface area contributed by atoms with Gasteiger partial charge in [0.25, 0.3) is 0 Å². The van der Waals surface area contributed by atoms with Crippen LogP contribution in [0.1, 0.15) is 19.4 Å². The molecule has 8 heteroatoms. The molecular weight excluding hydrogens is 426 g/mol. The number of carbonyl (C=O) groups is 1. The van der Waals surface area contributed by atoms with Gasteiger partial charge in [-0.1, -0.05) is 37.3 Å². The molecule has 3 aromatic rings. The highest BCUT2D eigenvalue weighted by Gasteiger charge is 2.23. The number of rotatable bonds is 11. The summed E-state index contributed by atoms with van der Waals surface area (Å²) >= 11 is 1.45. The van der Waals surface area contributed by atoms with Gasteiger partial charge in [-0.25, -0.2) is 4.98 Å². The van der Waals surface area contributed by atoms with Crippen LogP contribution in [-0.4, -0.2) is 63.3 Å². The maximum absolute atomic E-state index is 13.4. The summed E-state index contributed by atoms with van der Waals surface area (Å²) in [5, 5.41) is 0.647. The van der Waals surface area contributed by atoms with Crippen LogP contribution in [-0.2, 0) is 11.2 Å². The number of methoxy groups -OCH3 is 3. The molecule has 0 spiro atoms.